The van der Waals surface area contributed by atoms with Crippen LogP contribution in [0.25, 0.3) is 0 Å². The Bertz CT molecular complexity index is 798. The van der Waals surface area contributed by atoms with Gasteiger partial charge in [-0.05, 0) is 69.4 Å². The van der Waals surface area contributed by atoms with E-state index in [-0.39, 0.29) is 6.61 Å². The van der Waals surface area contributed by atoms with E-state index in [1.54, 1.807) is 12.1 Å². The van der Waals surface area contributed by atoms with E-state index in [1.807, 2.05) is 25.1 Å². The van der Waals surface area contributed by atoms with Gasteiger partial charge in [0.25, 0.3) is 0 Å². The minimum Gasteiger partial charge on any atom is -0.490 e. The maximum atomic E-state index is 6.53. The molecule has 0 aliphatic carbocycles. The smallest absolute Gasteiger partial charge is 0.180 e. The van der Waals surface area contributed by atoms with E-state index in [9.17, 15) is 0 Å². The van der Waals surface area contributed by atoms with E-state index >= 15 is 0 Å². The molecule has 2 aromatic carbocycles. The van der Waals surface area contributed by atoms with Crippen molar-refractivity contribution in [2.75, 3.05) is 32.8 Å². The summed E-state index contributed by atoms with van der Waals surface area (Å²) in [5.74, 6) is 1.16. The molecular formula is C23H31Cl3N2O2. The van der Waals surface area contributed by atoms with Crippen molar-refractivity contribution in [2.45, 2.75) is 40.3 Å². The number of hydrogen-bond donors (Lipinski definition) is 1. The van der Waals surface area contributed by atoms with Crippen molar-refractivity contribution in [2.24, 2.45) is 0 Å². The van der Waals surface area contributed by atoms with Crippen molar-refractivity contribution < 1.29 is 9.47 Å². The molecule has 0 aromatic heterocycles. The van der Waals surface area contributed by atoms with Gasteiger partial charge in [0.2, 0.25) is 0 Å². The molecule has 4 nitrogen and oxygen atoms in total. The number of rotatable bonds is 13. The van der Waals surface area contributed by atoms with Gasteiger partial charge in [0, 0.05) is 22.2 Å². The van der Waals surface area contributed by atoms with Crippen molar-refractivity contribution in [1.29, 1.82) is 0 Å². The molecule has 0 fully saturated rings. The Hall–Kier alpha value is -1.17. The van der Waals surface area contributed by atoms with Crippen LogP contribution in [0.5, 0.6) is 11.5 Å². The van der Waals surface area contributed by atoms with Gasteiger partial charge in [-0.25, -0.2) is 0 Å². The lowest BCUT2D eigenvalue weighted by Crippen LogP contribution is -2.27. The predicted octanol–water partition coefficient (Wildman–Crippen LogP) is 6.45. The average molecular weight is 474 g/mol. The van der Waals surface area contributed by atoms with Crippen LogP contribution in [0.3, 0.4) is 0 Å². The second-order valence-electron chi connectivity index (χ2n) is 6.92. The van der Waals surface area contributed by atoms with Gasteiger partial charge in [-0.3, -0.25) is 0 Å². The molecule has 0 saturated heterocycles. The highest BCUT2D eigenvalue weighted by molar-refractivity contribution is 6.35. The summed E-state index contributed by atoms with van der Waals surface area (Å²) in [5, 5.41) is 5.15. The summed E-state index contributed by atoms with van der Waals surface area (Å²) in [7, 11) is 0. The zero-order valence-corrected chi connectivity index (χ0v) is 20.2. The molecule has 7 heteroatoms. The topological polar surface area (TPSA) is 33.7 Å². The van der Waals surface area contributed by atoms with Crippen molar-refractivity contribution in [3.05, 3.63) is 56.5 Å². The molecule has 0 heterocycles. The molecule has 0 spiro atoms. The van der Waals surface area contributed by atoms with E-state index < -0.39 is 0 Å². The van der Waals surface area contributed by atoms with Crippen molar-refractivity contribution >= 4 is 34.8 Å². The van der Waals surface area contributed by atoms with E-state index in [4.69, 9.17) is 44.3 Å². The number of halogens is 3. The van der Waals surface area contributed by atoms with E-state index in [0.717, 1.165) is 50.3 Å². The van der Waals surface area contributed by atoms with Crippen LogP contribution in [0, 0.1) is 0 Å². The van der Waals surface area contributed by atoms with Gasteiger partial charge >= 0.3 is 0 Å². The minimum absolute atomic E-state index is 0.277. The van der Waals surface area contributed by atoms with Crippen LogP contribution in [-0.4, -0.2) is 37.7 Å². The molecule has 0 aliphatic heterocycles. The van der Waals surface area contributed by atoms with E-state index in [1.165, 1.54) is 0 Å². The van der Waals surface area contributed by atoms with Gasteiger partial charge in [-0.1, -0.05) is 54.7 Å². The summed E-state index contributed by atoms with van der Waals surface area (Å²) in [5.41, 5.74) is 1.89. The van der Waals surface area contributed by atoms with Crippen LogP contribution in [0.15, 0.2) is 30.3 Å². The van der Waals surface area contributed by atoms with Crippen LogP contribution in [0.2, 0.25) is 15.1 Å². The Kier molecular flexibility index (Phi) is 11.1. The fourth-order valence-electron chi connectivity index (χ4n) is 3.12. The standard InChI is InChI=1S/C23H31Cl3N2O2/c1-4-28(5-2)11-7-10-27-15-17-12-21(26)23(22(13-17)29-6-3)30-16-18-8-9-19(24)14-20(18)25/h8-9,12-14,27H,4-7,10-11,15-16H2,1-3H3. The molecule has 166 valence electrons. The first-order valence-electron chi connectivity index (χ1n) is 10.4. The first-order valence-corrected chi connectivity index (χ1v) is 11.6. The number of ether oxygens (including phenoxy) is 2. The van der Waals surface area contributed by atoms with Gasteiger partial charge in [0.15, 0.2) is 11.5 Å². The largest absolute Gasteiger partial charge is 0.490 e. The molecular weight excluding hydrogens is 443 g/mol. The van der Waals surface area contributed by atoms with Gasteiger partial charge in [0.1, 0.15) is 6.61 Å². The molecule has 0 atom stereocenters. The molecule has 1 N–H and O–H groups in total. The third-order valence-electron chi connectivity index (χ3n) is 4.81. The summed E-state index contributed by atoms with van der Waals surface area (Å²) in [6.45, 7) is 12.1. The molecule has 0 saturated carbocycles. The summed E-state index contributed by atoms with van der Waals surface area (Å²) in [4.78, 5) is 2.42. The summed E-state index contributed by atoms with van der Waals surface area (Å²) in [6, 6.07) is 9.22. The van der Waals surface area contributed by atoms with Crippen LogP contribution >= 0.6 is 34.8 Å². The van der Waals surface area contributed by atoms with Crippen molar-refractivity contribution in [3.63, 3.8) is 0 Å². The molecule has 2 rings (SSSR count). The number of nitrogens with zero attached hydrogens (tertiary/aromatic N) is 1. The fourth-order valence-corrected chi connectivity index (χ4v) is 3.87. The summed E-state index contributed by atoms with van der Waals surface area (Å²) in [6.07, 6.45) is 1.11. The molecule has 30 heavy (non-hydrogen) atoms. The quantitative estimate of drug-likeness (QED) is 0.339. The lowest BCUT2D eigenvalue weighted by atomic mass is 10.2. The van der Waals surface area contributed by atoms with Crippen LogP contribution in [0.1, 0.15) is 38.3 Å². The van der Waals surface area contributed by atoms with E-state index in [2.05, 4.69) is 24.1 Å². The first kappa shape index (κ1) is 25.1. The lowest BCUT2D eigenvalue weighted by Gasteiger charge is -2.18. The molecule has 0 radical (unpaired) electrons. The highest BCUT2D eigenvalue weighted by Gasteiger charge is 2.14. The highest BCUT2D eigenvalue weighted by atomic mass is 35.5. The van der Waals surface area contributed by atoms with Gasteiger partial charge in [0.05, 0.1) is 11.6 Å². The second-order valence-corrected chi connectivity index (χ2v) is 8.17. The third-order valence-corrected chi connectivity index (χ3v) is 5.68. The molecule has 0 unspecified atom stereocenters. The monoisotopic (exact) mass is 472 g/mol. The number of benzene rings is 2. The van der Waals surface area contributed by atoms with E-state index in [0.29, 0.717) is 33.2 Å². The Morgan fingerprint density at radius 1 is 0.933 bits per heavy atom. The molecule has 0 aliphatic rings. The number of hydrogen-bond acceptors (Lipinski definition) is 4. The zero-order chi connectivity index (χ0) is 21.9. The summed E-state index contributed by atoms with van der Waals surface area (Å²) < 4.78 is 11.8. The fraction of sp³-hybridized carbons (Fsp3) is 0.478. The number of nitrogens with one attached hydrogen (secondary N) is 1. The Labute approximate surface area is 195 Å². The Balaban J connectivity index is 1.98. The highest BCUT2D eigenvalue weighted by Crippen LogP contribution is 2.37. The summed E-state index contributed by atoms with van der Waals surface area (Å²) >= 11 is 18.7. The SMILES string of the molecule is CCOc1cc(CNCCCN(CC)CC)cc(Cl)c1OCc1ccc(Cl)cc1Cl. The molecule has 0 amide bonds. The van der Waals surface area contributed by atoms with Crippen LogP contribution < -0.4 is 14.8 Å². The average Bonchev–Trinajstić information content (AvgIpc) is 2.71. The Morgan fingerprint density at radius 2 is 1.70 bits per heavy atom. The Morgan fingerprint density at radius 3 is 2.37 bits per heavy atom. The van der Waals surface area contributed by atoms with Crippen LogP contribution in [-0.2, 0) is 13.2 Å². The second kappa shape index (κ2) is 13.3. The predicted molar refractivity (Wildman–Crippen MR) is 128 cm³/mol. The zero-order valence-electron chi connectivity index (χ0n) is 17.9. The lowest BCUT2D eigenvalue weighted by molar-refractivity contribution is 0.269. The van der Waals surface area contributed by atoms with Gasteiger partial charge < -0.3 is 19.7 Å². The molecule has 2 aromatic rings. The third kappa shape index (κ3) is 7.82. The minimum atomic E-state index is 0.277. The van der Waals surface area contributed by atoms with Crippen molar-refractivity contribution in [1.82, 2.24) is 10.2 Å². The molecule has 0 bridgehead atoms. The van der Waals surface area contributed by atoms with Crippen molar-refractivity contribution in [3.8, 4) is 11.5 Å². The van der Waals surface area contributed by atoms with Gasteiger partial charge in [-0.15, -0.1) is 0 Å². The first-order chi connectivity index (χ1) is 14.5. The normalized spacial score (nSPS) is 11.2. The maximum Gasteiger partial charge on any atom is 0.180 e. The van der Waals surface area contributed by atoms with Gasteiger partial charge in [-0.2, -0.15) is 0 Å². The maximum absolute atomic E-state index is 6.53. The van der Waals surface area contributed by atoms with Crippen LogP contribution in [0.4, 0.5) is 0 Å².